The highest BCUT2D eigenvalue weighted by Crippen LogP contribution is 2.09. The molecule has 0 amide bonds. The summed E-state index contributed by atoms with van der Waals surface area (Å²) in [5.41, 5.74) is 1.25. The van der Waals surface area contributed by atoms with Gasteiger partial charge in [-0.05, 0) is 24.3 Å². The molecule has 0 N–H and O–H groups in total. The molecule has 0 saturated heterocycles. The molecule has 1 aromatic rings. The first-order valence-electron chi connectivity index (χ1n) is 5.50. The second-order valence-corrected chi connectivity index (χ2v) is 4.73. The van der Waals surface area contributed by atoms with E-state index in [1.165, 1.54) is 18.4 Å². The van der Waals surface area contributed by atoms with Crippen molar-refractivity contribution >= 4 is 15.9 Å². The SMILES string of the molecule is C[C@H](CCCBr)COCc1ccccc1. The van der Waals surface area contributed by atoms with Crippen LogP contribution in [-0.4, -0.2) is 11.9 Å². The molecule has 0 bridgehead atoms. The summed E-state index contributed by atoms with van der Waals surface area (Å²) in [6.07, 6.45) is 2.47. The van der Waals surface area contributed by atoms with E-state index in [0.717, 1.165) is 18.5 Å². The Kier molecular flexibility index (Phi) is 6.69. The number of hydrogen-bond donors (Lipinski definition) is 0. The third-order valence-electron chi connectivity index (χ3n) is 2.34. The van der Waals surface area contributed by atoms with Crippen LogP contribution in [0.3, 0.4) is 0 Å². The maximum atomic E-state index is 5.66. The average molecular weight is 271 g/mol. The molecule has 15 heavy (non-hydrogen) atoms. The van der Waals surface area contributed by atoms with Crippen molar-refractivity contribution in [2.45, 2.75) is 26.4 Å². The summed E-state index contributed by atoms with van der Waals surface area (Å²) in [5, 5.41) is 1.09. The smallest absolute Gasteiger partial charge is 0.0717 e. The van der Waals surface area contributed by atoms with E-state index in [1.807, 2.05) is 18.2 Å². The molecule has 1 nitrogen and oxygen atoms in total. The van der Waals surface area contributed by atoms with Crippen LogP contribution in [0.4, 0.5) is 0 Å². The molecule has 2 heteroatoms. The molecule has 0 aliphatic heterocycles. The summed E-state index contributed by atoms with van der Waals surface area (Å²) in [6.45, 7) is 3.84. The molecule has 0 spiro atoms. The van der Waals surface area contributed by atoms with E-state index in [-0.39, 0.29) is 0 Å². The third-order valence-corrected chi connectivity index (χ3v) is 2.91. The summed E-state index contributed by atoms with van der Waals surface area (Å²) >= 11 is 3.44. The van der Waals surface area contributed by atoms with Crippen molar-refractivity contribution < 1.29 is 4.74 Å². The van der Waals surface area contributed by atoms with Gasteiger partial charge >= 0.3 is 0 Å². The van der Waals surface area contributed by atoms with Crippen LogP contribution in [0.2, 0.25) is 0 Å². The van der Waals surface area contributed by atoms with Crippen LogP contribution < -0.4 is 0 Å². The maximum absolute atomic E-state index is 5.66. The number of rotatable bonds is 7. The first kappa shape index (κ1) is 12.7. The monoisotopic (exact) mass is 270 g/mol. The second-order valence-electron chi connectivity index (χ2n) is 3.94. The van der Waals surface area contributed by atoms with Gasteiger partial charge in [0.05, 0.1) is 6.61 Å². The average Bonchev–Trinajstić information content (AvgIpc) is 2.28. The van der Waals surface area contributed by atoms with Gasteiger partial charge in [-0.25, -0.2) is 0 Å². The number of hydrogen-bond acceptors (Lipinski definition) is 1. The van der Waals surface area contributed by atoms with Gasteiger partial charge in [0, 0.05) is 11.9 Å². The summed E-state index contributed by atoms with van der Waals surface area (Å²) in [5.74, 6) is 0.659. The fraction of sp³-hybridized carbons (Fsp3) is 0.538. The van der Waals surface area contributed by atoms with E-state index < -0.39 is 0 Å². The van der Waals surface area contributed by atoms with Gasteiger partial charge in [0.25, 0.3) is 0 Å². The van der Waals surface area contributed by atoms with Gasteiger partial charge in [0.1, 0.15) is 0 Å². The van der Waals surface area contributed by atoms with Gasteiger partial charge in [-0.1, -0.05) is 53.2 Å². The maximum Gasteiger partial charge on any atom is 0.0717 e. The van der Waals surface area contributed by atoms with Crippen LogP contribution in [0, 0.1) is 5.92 Å². The summed E-state index contributed by atoms with van der Waals surface area (Å²) < 4.78 is 5.66. The quantitative estimate of drug-likeness (QED) is 0.681. The molecule has 0 fully saturated rings. The zero-order valence-corrected chi connectivity index (χ0v) is 10.9. The molecule has 1 rings (SSSR count). The predicted molar refractivity (Wildman–Crippen MR) is 68.3 cm³/mol. The third kappa shape index (κ3) is 5.95. The van der Waals surface area contributed by atoms with E-state index in [2.05, 4.69) is 35.0 Å². The zero-order chi connectivity index (χ0) is 10.9. The van der Waals surface area contributed by atoms with Gasteiger partial charge in [-0.2, -0.15) is 0 Å². The molecule has 84 valence electrons. The van der Waals surface area contributed by atoms with Gasteiger partial charge in [0.15, 0.2) is 0 Å². The van der Waals surface area contributed by atoms with Crippen molar-refractivity contribution in [3.8, 4) is 0 Å². The first-order valence-corrected chi connectivity index (χ1v) is 6.62. The van der Waals surface area contributed by atoms with Crippen molar-refractivity contribution in [3.63, 3.8) is 0 Å². The number of halogens is 1. The van der Waals surface area contributed by atoms with Crippen molar-refractivity contribution in [1.29, 1.82) is 0 Å². The zero-order valence-electron chi connectivity index (χ0n) is 9.29. The minimum Gasteiger partial charge on any atom is -0.376 e. The van der Waals surface area contributed by atoms with Gasteiger partial charge in [-0.15, -0.1) is 0 Å². The van der Waals surface area contributed by atoms with Crippen molar-refractivity contribution in [2.24, 2.45) is 5.92 Å². The lowest BCUT2D eigenvalue weighted by atomic mass is 10.1. The van der Waals surface area contributed by atoms with Crippen LogP contribution in [-0.2, 0) is 11.3 Å². The van der Waals surface area contributed by atoms with Crippen LogP contribution in [0.5, 0.6) is 0 Å². The lowest BCUT2D eigenvalue weighted by molar-refractivity contribution is 0.0894. The predicted octanol–water partition coefficient (Wildman–Crippen LogP) is 4.01. The number of ether oxygens (including phenoxy) is 1. The molecule has 0 aliphatic rings. The fourth-order valence-corrected chi connectivity index (χ4v) is 1.78. The lowest BCUT2D eigenvalue weighted by Gasteiger charge is -2.11. The van der Waals surface area contributed by atoms with Gasteiger partial charge in [0.2, 0.25) is 0 Å². The normalized spacial score (nSPS) is 12.7. The van der Waals surface area contributed by atoms with E-state index in [1.54, 1.807) is 0 Å². The highest BCUT2D eigenvalue weighted by atomic mass is 79.9. The highest BCUT2D eigenvalue weighted by molar-refractivity contribution is 9.09. The topological polar surface area (TPSA) is 9.23 Å². The Labute approximate surface area is 101 Å². The first-order chi connectivity index (χ1) is 7.33. The van der Waals surface area contributed by atoms with Gasteiger partial charge < -0.3 is 4.74 Å². The number of alkyl halides is 1. The highest BCUT2D eigenvalue weighted by Gasteiger charge is 2.01. The summed E-state index contributed by atoms with van der Waals surface area (Å²) in [4.78, 5) is 0. The Balaban J connectivity index is 2.11. The molecule has 0 radical (unpaired) electrons. The molecular formula is C13H19BrO. The van der Waals surface area contributed by atoms with E-state index in [9.17, 15) is 0 Å². The van der Waals surface area contributed by atoms with Crippen LogP contribution >= 0.6 is 15.9 Å². The standard InChI is InChI=1S/C13H19BrO/c1-12(6-5-9-14)10-15-11-13-7-3-2-4-8-13/h2-4,7-8,12H,5-6,9-11H2,1H3/t12-/m1/s1. The van der Waals surface area contributed by atoms with E-state index in [0.29, 0.717) is 5.92 Å². The summed E-state index contributed by atoms with van der Waals surface area (Å²) in [7, 11) is 0. The van der Waals surface area contributed by atoms with E-state index in [4.69, 9.17) is 4.74 Å². The van der Waals surface area contributed by atoms with Crippen LogP contribution in [0.25, 0.3) is 0 Å². The van der Waals surface area contributed by atoms with Crippen LogP contribution in [0.15, 0.2) is 30.3 Å². The number of benzene rings is 1. The Morgan fingerprint density at radius 3 is 2.67 bits per heavy atom. The molecular weight excluding hydrogens is 252 g/mol. The van der Waals surface area contributed by atoms with E-state index >= 15 is 0 Å². The molecule has 1 aromatic carbocycles. The van der Waals surface area contributed by atoms with Crippen LogP contribution in [0.1, 0.15) is 25.3 Å². The molecule has 0 saturated carbocycles. The van der Waals surface area contributed by atoms with Crippen molar-refractivity contribution in [1.82, 2.24) is 0 Å². The molecule has 0 aromatic heterocycles. The van der Waals surface area contributed by atoms with Crippen molar-refractivity contribution in [3.05, 3.63) is 35.9 Å². The minimum absolute atomic E-state index is 0.659. The lowest BCUT2D eigenvalue weighted by Crippen LogP contribution is -2.06. The molecule has 0 aliphatic carbocycles. The van der Waals surface area contributed by atoms with Crippen molar-refractivity contribution in [2.75, 3.05) is 11.9 Å². The Bertz CT molecular complexity index is 248. The summed E-state index contributed by atoms with van der Waals surface area (Å²) in [6, 6.07) is 10.3. The Morgan fingerprint density at radius 1 is 1.27 bits per heavy atom. The largest absolute Gasteiger partial charge is 0.376 e. The second kappa shape index (κ2) is 7.89. The Hall–Kier alpha value is -0.340. The minimum atomic E-state index is 0.659. The molecule has 0 unspecified atom stereocenters. The Morgan fingerprint density at radius 2 is 2.00 bits per heavy atom. The molecule has 0 heterocycles. The fourth-order valence-electron chi connectivity index (χ4n) is 1.46. The van der Waals surface area contributed by atoms with Gasteiger partial charge in [-0.3, -0.25) is 0 Å². The molecule has 1 atom stereocenters.